The van der Waals surface area contributed by atoms with Crippen LogP contribution in [0.1, 0.15) is 28.3 Å². The molecule has 5 nitrogen and oxygen atoms in total. The largest absolute Gasteiger partial charge is 0.493 e. The van der Waals surface area contributed by atoms with Crippen LogP contribution in [-0.2, 0) is 19.4 Å². The van der Waals surface area contributed by atoms with Gasteiger partial charge in [-0.3, -0.25) is 4.90 Å². The molecule has 0 N–H and O–H groups in total. The number of ether oxygens (including phenoxy) is 4. The number of rotatable bonds is 4. The molecule has 2 aliphatic heterocycles. The Morgan fingerprint density at radius 3 is 1.85 bits per heavy atom. The monoisotopic (exact) mass is 391 g/mol. The van der Waals surface area contributed by atoms with Crippen molar-refractivity contribution in [2.75, 3.05) is 35.0 Å². The lowest BCUT2D eigenvalue weighted by Gasteiger charge is -2.41. The van der Waals surface area contributed by atoms with Crippen molar-refractivity contribution < 1.29 is 18.9 Å². The van der Waals surface area contributed by atoms with Crippen LogP contribution in [0.5, 0.6) is 23.0 Å². The van der Waals surface area contributed by atoms with E-state index < -0.39 is 0 Å². The normalized spacial score (nSPS) is 17.7. The van der Waals surface area contributed by atoms with Crippen LogP contribution in [0.4, 0.5) is 0 Å². The summed E-state index contributed by atoms with van der Waals surface area (Å²) < 4.78 is 22.0. The predicted molar refractivity (Wildman–Crippen MR) is 107 cm³/mol. The molecule has 0 spiro atoms. The number of methoxy groups -OCH3 is 4. The number of fused-ring (bicyclic) bond motifs is 4. The van der Waals surface area contributed by atoms with E-state index in [2.05, 4.69) is 29.2 Å². The van der Waals surface area contributed by atoms with Crippen LogP contribution in [0.3, 0.4) is 0 Å². The van der Waals surface area contributed by atoms with Gasteiger partial charge in [-0.15, -0.1) is 12.4 Å². The van der Waals surface area contributed by atoms with Crippen molar-refractivity contribution in [2.45, 2.75) is 25.4 Å². The van der Waals surface area contributed by atoms with Crippen molar-refractivity contribution in [3.8, 4) is 23.0 Å². The molecule has 0 radical (unpaired) electrons. The Kier molecular flexibility index (Phi) is 5.72. The maximum atomic E-state index is 5.54. The summed E-state index contributed by atoms with van der Waals surface area (Å²) >= 11 is 0. The molecule has 0 saturated heterocycles. The van der Waals surface area contributed by atoms with Crippen molar-refractivity contribution in [3.05, 3.63) is 46.5 Å². The zero-order valence-electron chi connectivity index (χ0n) is 16.2. The fourth-order valence-electron chi connectivity index (χ4n) is 4.24. The Hall–Kier alpha value is -2.11. The highest BCUT2D eigenvalue weighted by Gasteiger charge is 2.33. The standard InChI is InChI=1S/C21H25NO4.ClH/c1-23-18-8-13-5-6-22-12-15-10-20(25-3)19(24-2)9-14(15)7-17(22)16(13)11-21(18)26-4;/h8-11,17H,5-7,12H2,1-4H3;1H. The van der Waals surface area contributed by atoms with Gasteiger partial charge in [-0.05, 0) is 59.4 Å². The molecule has 6 heteroatoms. The molecule has 2 heterocycles. The third kappa shape index (κ3) is 3.30. The van der Waals surface area contributed by atoms with Crippen LogP contribution in [0, 0.1) is 0 Å². The maximum Gasteiger partial charge on any atom is 0.161 e. The van der Waals surface area contributed by atoms with E-state index >= 15 is 0 Å². The summed E-state index contributed by atoms with van der Waals surface area (Å²) in [5.41, 5.74) is 5.34. The molecule has 27 heavy (non-hydrogen) atoms. The van der Waals surface area contributed by atoms with Gasteiger partial charge >= 0.3 is 0 Å². The first-order chi connectivity index (χ1) is 12.7. The van der Waals surface area contributed by atoms with Crippen LogP contribution in [-0.4, -0.2) is 39.9 Å². The molecular formula is C21H26ClNO4. The summed E-state index contributed by atoms with van der Waals surface area (Å²) in [6, 6.07) is 8.88. The van der Waals surface area contributed by atoms with Gasteiger partial charge in [0.1, 0.15) is 0 Å². The summed E-state index contributed by atoms with van der Waals surface area (Å²) in [5.74, 6) is 3.20. The first-order valence-corrected chi connectivity index (χ1v) is 8.91. The van der Waals surface area contributed by atoms with Crippen molar-refractivity contribution >= 4 is 12.4 Å². The summed E-state index contributed by atoms with van der Waals surface area (Å²) in [6.07, 6.45) is 1.98. The number of hydrogen-bond donors (Lipinski definition) is 0. The lowest BCUT2D eigenvalue weighted by molar-refractivity contribution is 0.160. The summed E-state index contributed by atoms with van der Waals surface area (Å²) in [6.45, 7) is 1.97. The zero-order chi connectivity index (χ0) is 18.3. The van der Waals surface area contributed by atoms with E-state index in [1.807, 2.05) is 0 Å². The molecule has 1 unspecified atom stereocenters. The Morgan fingerprint density at radius 2 is 1.26 bits per heavy atom. The van der Waals surface area contributed by atoms with Gasteiger partial charge in [-0.1, -0.05) is 0 Å². The molecule has 2 aliphatic rings. The molecule has 146 valence electrons. The third-order valence-electron chi connectivity index (χ3n) is 5.61. The van der Waals surface area contributed by atoms with E-state index in [-0.39, 0.29) is 12.4 Å². The Morgan fingerprint density at radius 1 is 0.741 bits per heavy atom. The molecule has 0 bridgehead atoms. The molecule has 1 atom stereocenters. The molecule has 0 aromatic heterocycles. The van der Waals surface area contributed by atoms with Gasteiger partial charge < -0.3 is 18.9 Å². The molecular weight excluding hydrogens is 366 g/mol. The smallest absolute Gasteiger partial charge is 0.161 e. The molecule has 4 rings (SSSR count). The Bertz CT molecular complexity index is 839. The third-order valence-corrected chi connectivity index (χ3v) is 5.61. The Labute approximate surface area is 166 Å². The highest BCUT2D eigenvalue weighted by molar-refractivity contribution is 5.85. The van der Waals surface area contributed by atoms with Crippen LogP contribution in [0.15, 0.2) is 24.3 Å². The van der Waals surface area contributed by atoms with Crippen LogP contribution in [0.25, 0.3) is 0 Å². The van der Waals surface area contributed by atoms with E-state index in [0.717, 1.165) is 48.9 Å². The van der Waals surface area contributed by atoms with Gasteiger partial charge in [0.25, 0.3) is 0 Å². The first-order valence-electron chi connectivity index (χ1n) is 8.91. The van der Waals surface area contributed by atoms with Crippen LogP contribution < -0.4 is 18.9 Å². The molecule has 0 fully saturated rings. The summed E-state index contributed by atoms with van der Waals surface area (Å²) in [7, 11) is 6.76. The first kappa shape index (κ1) is 19.6. The average molecular weight is 392 g/mol. The van der Waals surface area contributed by atoms with E-state index in [1.165, 1.54) is 22.3 Å². The van der Waals surface area contributed by atoms with Crippen LogP contribution >= 0.6 is 12.4 Å². The van der Waals surface area contributed by atoms with Gasteiger partial charge in [0.05, 0.1) is 28.4 Å². The highest BCUT2D eigenvalue weighted by atomic mass is 35.5. The summed E-state index contributed by atoms with van der Waals surface area (Å²) in [4.78, 5) is 2.54. The minimum absolute atomic E-state index is 0. The van der Waals surface area contributed by atoms with Crippen LogP contribution in [0.2, 0.25) is 0 Å². The van der Waals surface area contributed by atoms with Gasteiger partial charge in [-0.2, -0.15) is 0 Å². The minimum Gasteiger partial charge on any atom is -0.493 e. The average Bonchev–Trinajstić information content (AvgIpc) is 2.69. The van der Waals surface area contributed by atoms with Crippen molar-refractivity contribution in [2.24, 2.45) is 0 Å². The van der Waals surface area contributed by atoms with Gasteiger partial charge in [0.2, 0.25) is 0 Å². The second-order valence-corrected chi connectivity index (χ2v) is 6.82. The number of halogens is 1. The van der Waals surface area contributed by atoms with E-state index in [1.54, 1.807) is 28.4 Å². The predicted octanol–water partition coefficient (Wildman–Crippen LogP) is 3.80. The SMILES string of the molecule is COc1cc2c(cc1OC)CN1CCc3cc(OC)c(OC)cc3C1C2.Cl. The second kappa shape index (κ2) is 7.87. The number of hydrogen-bond acceptors (Lipinski definition) is 5. The highest BCUT2D eigenvalue weighted by Crippen LogP contribution is 2.44. The van der Waals surface area contributed by atoms with Crippen molar-refractivity contribution in [1.82, 2.24) is 4.90 Å². The van der Waals surface area contributed by atoms with E-state index in [9.17, 15) is 0 Å². The molecule has 2 aromatic rings. The van der Waals surface area contributed by atoms with Crippen molar-refractivity contribution in [3.63, 3.8) is 0 Å². The lowest BCUT2D eigenvalue weighted by atomic mass is 9.83. The fourth-order valence-corrected chi connectivity index (χ4v) is 4.24. The zero-order valence-corrected chi connectivity index (χ0v) is 17.0. The van der Waals surface area contributed by atoms with Gasteiger partial charge in [-0.25, -0.2) is 0 Å². The van der Waals surface area contributed by atoms with Gasteiger partial charge in [0, 0.05) is 19.1 Å². The molecule has 0 amide bonds. The van der Waals surface area contributed by atoms with Crippen molar-refractivity contribution in [1.29, 1.82) is 0 Å². The lowest BCUT2D eigenvalue weighted by Crippen LogP contribution is -2.39. The number of nitrogens with zero attached hydrogens (tertiary/aromatic N) is 1. The number of benzene rings is 2. The molecule has 2 aromatic carbocycles. The Balaban J connectivity index is 0.00000210. The summed E-state index contributed by atoms with van der Waals surface area (Å²) in [5, 5.41) is 0. The molecule has 0 aliphatic carbocycles. The van der Waals surface area contributed by atoms with E-state index in [0.29, 0.717) is 6.04 Å². The van der Waals surface area contributed by atoms with E-state index in [4.69, 9.17) is 18.9 Å². The minimum atomic E-state index is 0. The maximum absolute atomic E-state index is 5.54. The quantitative estimate of drug-likeness (QED) is 0.792. The second-order valence-electron chi connectivity index (χ2n) is 6.82. The molecule has 0 saturated carbocycles. The topological polar surface area (TPSA) is 40.2 Å². The van der Waals surface area contributed by atoms with Gasteiger partial charge in [0.15, 0.2) is 23.0 Å². The fraction of sp³-hybridized carbons (Fsp3) is 0.429.